The largest absolute Gasteiger partial charge is 0.490 e. The van der Waals surface area contributed by atoms with Crippen molar-refractivity contribution in [2.45, 2.75) is 20.8 Å². The summed E-state index contributed by atoms with van der Waals surface area (Å²) in [7, 11) is 0. The highest BCUT2D eigenvalue weighted by Gasteiger charge is 2.13. The number of ether oxygens (including phenoxy) is 3. The number of halogens is 2. The maximum atomic E-state index is 10.9. The number of carbonyl (C=O) groups is 1. The van der Waals surface area contributed by atoms with Gasteiger partial charge in [-0.25, -0.2) is 0 Å². The summed E-state index contributed by atoms with van der Waals surface area (Å²) >= 11 is 12.3. The summed E-state index contributed by atoms with van der Waals surface area (Å²) in [6, 6.07) is 6.91. The summed E-state index contributed by atoms with van der Waals surface area (Å²) in [6.45, 7) is 6.76. The van der Waals surface area contributed by atoms with Crippen LogP contribution in [0.25, 0.3) is 0 Å². The lowest BCUT2D eigenvalue weighted by Crippen LogP contribution is -2.10. The molecule has 0 N–H and O–H groups in total. The Labute approximate surface area is 157 Å². The first kappa shape index (κ1) is 19.4. The highest BCUT2D eigenvalue weighted by Crippen LogP contribution is 2.36. The molecule has 0 saturated carbocycles. The van der Waals surface area contributed by atoms with Crippen molar-refractivity contribution in [1.82, 2.24) is 0 Å². The van der Waals surface area contributed by atoms with E-state index in [9.17, 15) is 4.79 Å². The van der Waals surface area contributed by atoms with Crippen molar-refractivity contribution in [1.29, 1.82) is 0 Å². The summed E-state index contributed by atoms with van der Waals surface area (Å²) < 4.78 is 16.9. The minimum absolute atomic E-state index is 0.279. The Balaban J connectivity index is 2.01. The maximum Gasteiger partial charge on any atom is 0.179 e. The molecule has 0 saturated heterocycles. The molecule has 2 aromatic carbocycles. The lowest BCUT2D eigenvalue weighted by Gasteiger charge is -2.15. The number of benzene rings is 2. The van der Waals surface area contributed by atoms with E-state index >= 15 is 0 Å². The van der Waals surface area contributed by atoms with Crippen molar-refractivity contribution >= 4 is 29.5 Å². The van der Waals surface area contributed by atoms with Crippen LogP contribution in [0.15, 0.2) is 24.3 Å². The zero-order chi connectivity index (χ0) is 18.4. The fourth-order valence-corrected chi connectivity index (χ4v) is 2.73. The fourth-order valence-electron chi connectivity index (χ4n) is 2.35. The molecule has 0 spiro atoms. The van der Waals surface area contributed by atoms with Crippen LogP contribution in [0.5, 0.6) is 17.2 Å². The molecular weight excluding hydrogens is 363 g/mol. The van der Waals surface area contributed by atoms with Crippen LogP contribution in [0.2, 0.25) is 10.0 Å². The molecule has 0 aliphatic rings. The highest BCUT2D eigenvalue weighted by atomic mass is 35.5. The molecule has 0 aliphatic heterocycles. The third kappa shape index (κ3) is 5.03. The molecular formula is C19H20Cl2O4. The average Bonchev–Trinajstić information content (AvgIpc) is 2.58. The summed E-state index contributed by atoms with van der Waals surface area (Å²) in [4.78, 5) is 10.9. The molecule has 0 amide bonds. The van der Waals surface area contributed by atoms with E-state index in [2.05, 4.69) is 0 Å². The lowest BCUT2D eigenvalue weighted by molar-refractivity contribution is 0.112. The van der Waals surface area contributed by atoms with Gasteiger partial charge in [0.1, 0.15) is 25.2 Å². The molecule has 0 bridgehead atoms. The molecule has 6 heteroatoms. The third-order valence-corrected chi connectivity index (χ3v) is 4.35. The molecule has 0 unspecified atom stereocenters. The van der Waals surface area contributed by atoms with Crippen LogP contribution < -0.4 is 14.2 Å². The van der Waals surface area contributed by atoms with Crippen LogP contribution in [0, 0.1) is 13.8 Å². The van der Waals surface area contributed by atoms with Crippen molar-refractivity contribution in [3.8, 4) is 17.2 Å². The minimum atomic E-state index is 0.279. The Morgan fingerprint density at radius 2 is 1.60 bits per heavy atom. The third-order valence-electron chi connectivity index (χ3n) is 3.48. The van der Waals surface area contributed by atoms with Gasteiger partial charge in [0.25, 0.3) is 0 Å². The van der Waals surface area contributed by atoms with Gasteiger partial charge in [0.05, 0.1) is 11.6 Å². The highest BCUT2D eigenvalue weighted by molar-refractivity contribution is 6.32. The SMILES string of the molecule is CCOc1cc(C=O)cc(Cl)c1OCCOc1cc(C)c(Cl)c(C)c1. The smallest absolute Gasteiger partial charge is 0.179 e. The zero-order valence-electron chi connectivity index (χ0n) is 14.4. The van der Waals surface area contributed by atoms with Crippen LogP contribution in [0.4, 0.5) is 0 Å². The van der Waals surface area contributed by atoms with Gasteiger partial charge >= 0.3 is 0 Å². The quantitative estimate of drug-likeness (QED) is 0.460. The molecule has 0 radical (unpaired) electrons. The summed E-state index contributed by atoms with van der Waals surface area (Å²) in [5.41, 5.74) is 2.36. The predicted molar refractivity (Wildman–Crippen MR) is 99.9 cm³/mol. The van der Waals surface area contributed by atoms with E-state index in [-0.39, 0.29) is 6.61 Å². The zero-order valence-corrected chi connectivity index (χ0v) is 15.9. The van der Waals surface area contributed by atoms with Gasteiger partial charge in [-0.1, -0.05) is 23.2 Å². The van der Waals surface area contributed by atoms with Crippen molar-refractivity contribution < 1.29 is 19.0 Å². The monoisotopic (exact) mass is 382 g/mol. The second-order valence-corrected chi connectivity index (χ2v) is 6.23. The van der Waals surface area contributed by atoms with Crippen LogP contribution in [-0.4, -0.2) is 26.1 Å². The number of hydrogen-bond acceptors (Lipinski definition) is 4. The van der Waals surface area contributed by atoms with Gasteiger partial charge in [-0.3, -0.25) is 4.79 Å². The normalized spacial score (nSPS) is 10.4. The van der Waals surface area contributed by atoms with Gasteiger partial charge in [-0.15, -0.1) is 0 Å². The number of carbonyl (C=O) groups excluding carboxylic acids is 1. The molecule has 0 fully saturated rings. The first-order valence-corrected chi connectivity index (χ1v) is 8.65. The number of hydrogen-bond donors (Lipinski definition) is 0. The lowest BCUT2D eigenvalue weighted by atomic mass is 10.1. The van der Waals surface area contributed by atoms with Crippen molar-refractivity contribution in [3.05, 3.63) is 51.0 Å². The van der Waals surface area contributed by atoms with E-state index in [4.69, 9.17) is 37.4 Å². The Hall–Kier alpha value is -1.91. The molecule has 0 atom stereocenters. The molecule has 134 valence electrons. The standard InChI is InChI=1S/C19H20Cl2O4/c1-4-23-17-10-14(11-22)9-16(20)19(17)25-6-5-24-15-7-12(2)18(21)13(3)8-15/h7-11H,4-6H2,1-3H3. The van der Waals surface area contributed by atoms with Gasteiger partial charge in [0, 0.05) is 10.6 Å². The predicted octanol–water partition coefficient (Wildman–Crippen LogP) is 5.28. The molecule has 0 aliphatic carbocycles. The van der Waals surface area contributed by atoms with E-state index in [1.54, 1.807) is 12.1 Å². The van der Waals surface area contributed by atoms with E-state index < -0.39 is 0 Å². The first-order valence-electron chi connectivity index (χ1n) is 7.90. The molecule has 0 aromatic heterocycles. The van der Waals surface area contributed by atoms with Crippen LogP contribution in [0.3, 0.4) is 0 Å². The van der Waals surface area contributed by atoms with Crippen molar-refractivity contribution in [2.75, 3.05) is 19.8 Å². The van der Waals surface area contributed by atoms with Crippen LogP contribution >= 0.6 is 23.2 Å². The van der Waals surface area contributed by atoms with E-state index in [1.807, 2.05) is 32.9 Å². The molecule has 2 rings (SSSR count). The second kappa shape index (κ2) is 8.97. The average molecular weight is 383 g/mol. The Kier molecular flexibility index (Phi) is 6.97. The molecule has 25 heavy (non-hydrogen) atoms. The van der Waals surface area contributed by atoms with Gasteiger partial charge in [0.15, 0.2) is 11.5 Å². The Bertz CT molecular complexity index is 736. The number of aryl methyl sites for hydroxylation is 2. The minimum Gasteiger partial charge on any atom is -0.490 e. The Morgan fingerprint density at radius 3 is 2.20 bits per heavy atom. The maximum absolute atomic E-state index is 10.9. The van der Waals surface area contributed by atoms with Gasteiger partial charge < -0.3 is 14.2 Å². The van der Waals surface area contributed by atoms with Gasteiger partial charge in [-0.2, -0.15) is 0 Å². The number of aldehydes is 1. The van der Waals surface area contributed by atoms with E-state index in [0.29, 0.717) is 41.6 Å². The van der Waals surface area contributed by atoms with E-state index in [1.165, 1.54) is 0 Å². The summed E-state index contributed by atoms with van der Waals surface area (Å²) in [5.74, 6) is 1.58. The van der Waals surface area contributed by atoms with Crippen LogP contribution in [0.1, 0.15) is 28.4 Å². The first-order chi connectivity index (χ1) is 12.0. The molecule has 2 aromatic rings. The van der Waals surface area contributed by atoms with E-state index in [0.717, 1.165) is 21.9 Å². The molecule has 0 heterocycles. The van der Waals surface area contributed by atoms with Gasteiger partial charge in [0.2, 0.25) is 0 Å². The van der Waals surface area contributed by atoms with Crippen molar-refractivity contribution in [2.24, 2.45) is 0 Å². The Morgan fingerprint density at radius 1 is 0.960 bits per heavy atom. The topological polar surface area (TPSA) is 44.8 Å². The summed E-state index contributed by atoms with van der Waals surface area (Å²) in [5, 5.41) is 1.07. The number of rotatable bonds is 8. The summed E-state index contributed by atoms with van der Waals surface area (Å²) in [6.07, 6.45) is 0.715. The fraction of sp³-hybridized carbons (Fsp3) is 0.316. The van der Waals surface area contributed by atoms with Crippen LogP contribution in [-0.2, 0) is 0 Å². The van der Waals surface area contributed by atoms with Crippen molar-refractivity contribution in [3.63, 3.8) is 0 Å². The second-order valence-electron chi connectivity index (χ2n) is 5.45. The molecule has 4 nitrogen and oxygen atoms in total. The van der Waals surface area contributed by atoms with Gasteiger partial charge in [-0.05, 0) is 56.2 Å².